The van der Waals surface area contributed by atoms with Gasteiger partial charge in [0.2, 0.25) is 0 Å². The normalized spacial score (nSPS) is 12.2. The number of nitrogens with one attached hydrogen (secondary N) is 2. The minimum atomic E-state index is -0.0254. The van der Waals surface area contributed by atoms with Crippen LogP contribution >= 0.6 is 35.6 Å². The highest BCUT2D eigenvalue weighted by molar-refractivity contribution is 14.0. The summed E-state index contributed by atoms with van der Waals surface area (Å²) in [5.74, 6) is 1.60. The van der Waals surface area contributed by atoms with Gasteiger partial charge in [0.05, 0.1) is 12.9 Å². The van der Waals surface area contributed by atoms with Gasteiger partial charge in [-0.1, -0.05) is 11.6 Å². The molecule has 26 heavy (non-hydrogen) atoms. The number of nitrogens with zero attached hydrogens (tertiary/aromatic N) is 3. The van der Waals surface area contributed by atoms with Gasteiger partial charge in [-0.2, -0.15) is 0 Å². The molecule has 0 fully saturated rings. The predicted octanol–water partition coefficient (Wildman–Crippen LogP) is 3.57. The smallest absolute Gasteiger partial charge is 0.191 e. The highest BCUT2D eigenvalue weighted by Crippen LogP contribution is 2.16. The van der Waals surface area contributed by atoms with Crippen molar-refractivity contribution in [2.24, 2.45) is 4.99 Å². The highest BCUT2D eigenvalue weighted by Gasteiger charge is 2.05. The number of guanidine groups is 1. The van der Waals surface area contributed by atoms with Crippen molar-refractivity contribution < 1.29 is 4.74 Å². The van der Waals surface area contributed by atoms with E-state index >= 15 is 0 Å². The van der Waals surface area contributed by atoms with E-state index in [0.717, 1.165) is 37.8 Å². The van der Waals surface area contributed by atoms with Crippen molar-refractivity contribution in [1.29, 1.82) is 0 Å². The number of hydrogen-bond donors (Lipinski definition) is 2. The Bertz CT molecular complexity index is 634. The zero-order valence-corrected chi connectivity index (χ0v) is 18.3. The number of hydrogen-bond acceptors (Lipinski definition) is 3. The molecule has 2 aromatic rings. The van der Waals surface area contributed by atoms with Crippen molar-refractivity contribution in [3.05, 3.63) is 48.0 Å². The first-order valence-corrected chi connectivity index (χ1v) is 8.95. The summed E-state index contributed by atoms with van der Waals surface area (Å²) in [5, 5.41) is 7.29. The van der Waals surface area contributed by atoms with Crippen LogP contribution in [0.25, 0.3) is 0 Å². The Morgan fingerprint density at radius 1 is 1.31 bits per heavy atom. The number of benzene rings is 1. The average molecular weight is 492 g/mol. The molecule has 0 amide bonds. The van der Waals surface area contributed by atoms with E-state index in [0.29, 0.717) is 11.6 Å². The standard InChI is InChI=1S/C18H26ClN5O.HI/c1-3-21-18(22-9-4-11-24-12-10-20-14-24)23-13-15(2)25-17-7-5-16(19)6-8-17;/h5-8,10,12,14-15H,3-4,9,11,13H2,1-2H3,(H2,21,22,23);1H. The quantitative estimate of drug-likeness (QED) is 0.244. The van der Waals surface area contributed by atoms with E-state index in [-0.39, 0.29) is 30.1 Å². The molecular weight excluding hydrogens is 465 g/mol. The average Bonchev–Trinajstić information content (AvgIpc) is 3.12. The first-order valence-electron chi connectivity index (χ1n) is 8.57. The minimum absolute atomic E-state index is 0. The largest absolute Gasteiger partial charge is 0.489 e. The van der Waals surface area contributed by atoms with Crippen LogP contribution in [0.1, 0.15) is 20.3 Å². The minimum Gasteiger partial charge on any atom is -0.489 e. The van der Waals surface area contributed by atoms with Gasteiger partial charge in [0.15, 0.2) is 5.96 Å². The van der Waals surface area contributed by atoms with E-state index in [1.54, 1.807) is 6.20 Å². The van der Waals surface area contributed by atoms with Gasteiger partial charge in [-0.15, -0.1) is 24.0 Å². The summed E-state index contributed by atoms with van der Waals surface area (Å²) < 4.78 is 7.90. The van der Waals surface area contributed by atoms with Crippen LogP contribution in [0.4, 0.5) is 0 Å². The van der Waals surface area contributed by atoms with Crippen molar-refractivity contribution >= 4 is 41.5 Å². The van der Waals surface area contributed by atoms with Crippen LogP contribution in [-0.4, -0.2) is 41.2 Å². The van der Waals surface area contributed by atoms with Crippen LogP contribution < -0.4 is 15.4 Å². The lowest BCUT2D eigenvalue weighted by molar-refractivity contribution is 0.230. The molecule has 144 valence electrons. The molecular formula is C18H27ClIN5O. The summed E-state index contributed by atoms with van der Waals surface area (Å²) in [6.07, 6.45) is 6.56. The van der Waals surface area contributed by atoms with Crippen LogP contribution in [0.15, 0.2) is 48.0 Å². The lowest BCUT2D eigenvalue weighted by Gasteiger charge is -2.15. The number of ether oxygens (including phenoxy) is 1. The second kappa shape index (κ2) is 12.8. The Hall–Kier alpha value is -1.48. The lowest BCUT2D eigenvalue weighted by Crippen LogP contribution is -2.38. The molecule has 1 aromatic carbocycles. The predicted molar refractivity (Wildman–Crippen MR) is 118 cm³/mol. The number of aromatic nitrogens is 2. The van der Waals surface area contributed by atoms with E-state index in [2.05, 4.69) is 32.1 Å². The summed E-state index contributed by atoms with van der Waals surface area (Å²) in [6.45, 7) is 7.22. The number of aryl methyl sites for hydroxylation is 1. The maximum absolute atomic E-state index is 5.88. The molecule has 1 atom stereocenters. The summed E-state index contributed by atoms with van der Waals surface area (Å²) in [6, 6.07) is 7.36. The Balaban J connectivity index is 0.00000338. The fraction of sp³-hybridized carbons (Fsp3) is 0.444. The molecule has 0 bridgehead atoms. The Morgan fingerprint density at radius 3 is 2.73 bits per heavy atom. The molecule has 0 radical (unpaired) electrons. The first-order chi connectivity index (χ1) is 12.2. The Labute approximate surface area is 177 Å². The van der Waals surface area contributed by atoms with Gasteiger partial charge in [-0.25, -0.2) is 9.98 Å². The van der Waals surface area contributed by atoms with Gasteiger partial charge in [-0.05, 0) is 44.5 Å². The van der Waals surface area contributed by atoms with E-state index in [1.807, 2.05) is 43.7 Å². The van der Waals surface area contributed by atoms with Gasteiger partial charge < -0.3 is 19.9 Å². The van der Waals surface area contributed by atoms with Crippen molar-refractivity contribution in [2.75, 3.05) is 19.6 Å². The van der Waals surface area contributed by atoms with Crippen molar-refractivity contribution in [3.8, 4) is 5.75 Å². The Morgan fingerprint density at radius 2 is 2.08 bits per heavy atom. The van der Waals surface area contributed by atoms with E-state index in [1.165, 1.54) is 0 Å². The molecule has 0 saturated carbocycles. The summed E-state index contributed by atoms with van der Waals surface area (Å²) >= 11 is 5.88. The lowest BCUT2D eigenvalue weighted by atomic mass is 10.3. The molecule has 8 heteroatoms. The van der Waals surface area contributed by atoms with Gasteiger partial charge >= 0.3 is 0 Å². The van der Waals surface area contributed by atoms with Gasteiger partial charge in [0, 0.05) is 37.1 Å². The van der Waals surface area contributed by atoms with Crippen molar-refractivity contribution in [2.45, 2.75) is 32.9 Å². The first kappa shape index (κ1) is 22.6. The van der Waals surface area contributed by atoms with Crippen LogP contribution in [0.3, 0.4) is 0 Å². The third kappa shape index (κ3) is 8.75. The molecule has 2 rings (SSSR count). The molecule has 0 aliphatic heterocycles. The van der Waals surface area contributed by atoms with E-state index in [9.17, 15) is 0 Å². The molecule has 6 nitrogen and oxygen atoms in total. The fourth-order valence-electron chi connectivity index (χ4n) is 2.23. The van der Waals surface area contributed by atoms with Crippen LogP contribution in [0, 0.1) is 0 Å². The molecule has 1 aromatic heterocycles. The molecule has 0 saturated heterocycles. The second-order valence-corrected chi connectivity index (χ2v) is 6.12. The van der Waals surface area contributed by atoms with Crippen molar-refractivity contribution in [1.82, 2.24) is 20.2 Å². The molecule has 1 unspecified atom stereocenters. The third-order valence-corrected chi connectivity index (χ3v) is 3.70. The SMILES string of the molecule is CCNC(=NCC(C)Oc1ccc(Cl)cc1)NCCCn1ccnc1.I. The van der Waals surface area contributed by atoms with Gasteiger partial charge in [0.1, 0.15) is 11.9 Å². The monoisotopic (exact) mass is 491 g/mol. The fourth-order valence-corrected chi connectivity index (χ4v) is 2.36. The third-order valence-electron chi connectivity index (χ3n) is 3.45. The van der Waals surface area contributed by atoms with Gasteiger partial charge in [-0.3, -0.25) is 0 Å². The zero-order chi connectivity index (χ0) is 17.9. The summed E-state index contributed by atoms with van der Waals surface area (Å²) in [7, 11) is 0. The maximum atomic E-state index is 5.88. The van der Waals surface area contributed by atoms with E-state index in [4.69, 9.17) is 16.3 Å². The number of rotatable bonds is 9. The van der Waals surface area contributed by atoms with E-state index < -0.39 is 0 Å². The summed E-state index contributed by atoms with van der Waals surface area (Å²) in [4.78, 5) is 8.62. The zero-order valence-electron chi connectivity index (χ0n) is 15.2. The van der Waals surface area contributed by atoms with Crippen molar-refractivity contribution in [3.63, 3.8) is 0 Å². The second-order valence-electron chi connectivity index (χ2n) is 5.68. The molecule has 0 aliphatic rings. The topological polar surface area (TPSA) is 63.5 Å². The van der Waals surface area contributed by atoms with Crippen LogP contribution in [0.5, 0.6) is 5.75 Å². The number of aliphatic imine (C=N–C) groups is 1. The van der Waals surface area contributed by atoms with Crippen LogP contribution in [-0.2, 0) is 6.54 Å². The number of imidazole rings is 1. The highest BCUT2D eigenvalue weighted by atomic mass is 127. The molecule has 2 N–H and O–H groups in total. The molecule has 0 aliphatic carbocycles. The number of halogens is 2. The van der Waals surface area contributed by atoms with Gasteiger partial charge in [0.25, 0.3) is 0 Å². The maximum Gasteiger partial charge on any atom is 0.191 e. The molecule has 0 spiro atoms. The molecule has 1 heterocycles. The Kier molecular flexibility index (Phi) is 11.1. The summed E-state index contributed by atoms with van der Waals surface area (Å²) in [5.41, 5.74) is 0. The van der Waals surface area contributed by atoms with Crippen LogP contribution in [0.2, 0.25) is 5.02 Å².